The molecule has 0 radical (unpaired) electrons. The predicted octanol–water partition coefficient (Wildman–Crippen LogP) is 5.30. The molecule has 0 unspecified atom stereocenters. The third-order valence-corrected chi connectivity index (χ3v) is 2.59. The Bertz CT molecular complexity index is 153. The summed E-state index contributed by atoms with van der Waals surface area (Å²) in [7, 11) is 0. The fourth-order valence-electron chi connectivity index (χ4n) is 1.93. The molecule has 2 rings (SSSR count). The summed E-state index contributed by atoms with van der Waals surface area (Å²) in [5.74, 6) is 0. The van der Waals surface area contributed by atoms with Gasteiger partial charge in [0.05, 0.1) is 0 Å². The van der Waals surface area contributed by atoms with E-state index in [0.29, 0.717) is 10.8 Å². The van der Waals surface area contributed by atoms with Crippen molar-refractivity contribution in [3.05, 3.63) is 12.2 Å². The zero-order valence-electron chi connectivity index (χ0n) is 6.28. The molecule has 0 heterocycles. The van der Waals surface area contributed by atoms with Crippen LogP contribution in [0.5, 0.6) is 0 Å². The lowest BCUT2D eigenvalue weighted by Crippen LogP contribution is -2.05. The van der Waals surface area contributed by atoms with Gasteiger partial charge >= 0.3 is 0 Å². The monoisotopic (exact) mass is 186 g/mol. The normalized spacial score (nSPS) is 23.2. The molecule has 0 heteroatoms. The average molecular weight is 186 g/mol. The van der Waals surface area contributed by atoms with E-state index in [-0.39, 0.29) is 29.7 Å². The molecule has 1 saturated carbocycles. The van der Waals surface area contributed by atoms with Gasteiger partial charge in [0.25, 0.3) is 0 Å². The Labute approximate surface area is 86.4 Å². The Hall–Kier alpha value is -0.260. The summed E-state index contributed by atoms with van der Waals surface area (Å²) in [6, 6.07) is 0. The topological polar surface area (TPSA) is 0 Å². The zero-order chi connectivity index (χ0) is 6.54. The van der Waals surface area contributed by atoms with Crippen LogP contribution in [0, 0.1) is 10.8 Å². The zero-order valence-corrected chi connectivity index (χ0v) is 6.28. The molecule has 0 nitrogen and oxygen atoms in total. The van der Waals surface area contributed by atoms with E-state index in [9.17, 15) is 0 Å². The molecule has 0 aromatic heterocycles. The van der Waals surface area contributed by atoms with Crippen LogP contribution in [0.3, 0.4) is 0 Å². The molecule has 2 aliphatic rings. The van der Waals surface area contributed by atoms with Crippen LogP contribution in [0.2, 0.25) is 0 Å². The van der Waals surface area contributed by atoms with Gasteiger partial charge in [-0.05, 0) is 30.1 Å². The number of hydrogen-bond acceptors (Lipinski definition) is 0. The Balaban J connectivity index is -0.000000250. The standard InChI is InChI=1S/C9H14.4CH4/c1-8(2)3-4-9(7-8)5-6-9;;;;/h3-4H,5-7H2,1-2H3;4*1H4. The van der Waals surface area contributed by atoms with Crippen molar-refractivity contribution in [2.24, 2.45) is 10.8 Å². The lowest BCUT2D eigenvalue weighted by molar-refractivity contribution is 0.398. The predicted molar refractivity (Wildman–Crippen MR) is 66.1 cm³/mol. The minimum Gasteiger partial charge on any atom is -0.0823 e. The highest BCUT2D eigenvalue weighted by atomic mass is 14.5. The summed E-state index contributed by atoms with van der Waals surface area (Å²) in [6.07, 6.45) is 9.13. The maximum Gasteiger partial charge on any atom is -0.0109 e. The van der Waals surface area contributed by atoms with E-state index in [4.69, 9.17) is 0 Å². The van der Waals surface area contributed by atoms with Gasteiger partial charge in [0.1, 0.15) is 0 Å². The number of hydrogen-bond donors (Lipinski definition) is 0. The van der Waals surface area contributed by atoms with Gasteiger partial charge in [-0.2, -0.15) is 0 Å². The van der Waals surface area contributed by atoms with E-state index < -0.39 is 0 Å². The number of allylic oxidation sites excluding steroid dienone is 2. The maximum atomic E-state index is 2.44. The minimum absolute atomic E-state index is 0. The second-order valence-corrected chi connectivity index (χ2v) is 4.36. The van der Waals surface area contributed by atoms with Crippen molar-refractivity contribution in [1.82, 2.24) is 0 Å². The van der Waals surface area contributed by atoms with Crippen LogP contribution in [0.25, 0.3) is 0 Å². The Morgan fingerprint density at radius 2 is 1.31 bits per heavy atom. The van der Waals surface area contributed by atoms with Crippen molar-refractivity contribution in [3.63, 3.8) is 0 Å². The van der Waals surface area contributed by atoms with E-state index in [0.717, 1.165) is 0 Å². The van der Waals surface area contributed by atoms with Crippen molar-refractivity contribution in [2.75, 3.05) is 0 Å². The molecule has 82 valence electrons. The van der Waals surface area contributed by atoms with Gasteiger partial charge in [-0.3, -0.25) is 0 Å². The molecule has 2 aliphatic carbocycles. The summed E-state index contributed by atoms with van der Waals surface area (Å²) < 4.78 is 0. The molecule has 0 N–H and O–H groups in total. The summed E-state index contributed by atoms with van der Waals surface area (Å²) in [4.78, 5) is 0. The Kier molecular flexibility index (Phi) is 6.88. The summed E-state index contributed by atoms with van der Waals surface area (Å²) in [5.41, 5.74) is 1.21. The van der Waals surface area contributed by atoms with Crippen LogP contribution in [0.1, 0.15) is 62.8 Å². The second kappa shape index (κ2) is 4.83. The molecule has 0 bridgehead atoms. The molecule has 1 fully saturated rings. The van der Waals surface area contributed by atoms with Crippen LogP contribution < -0.4 is 0 Å². The molecule has 13 heavy (non-hydrogen) atoms. The van der Waals surface area contributed by atoms with Crippen molar-refractivity contribution in [1.29, 1.82) is 0 Å². The van der Waals surface area contributed by atoms with Crippen molar-refractivity contribution < 1.29 is 0 Å². The summed E-state index contributed by atoms with van der Waals surface area (Å²) in [6.45, 7) is 4.66. The highest BCUT2D eigenvalue weighted by molar-refractivity contribution is 5.20. The molecule has 0 aromatic carbocycles. The van der Waals surface area contributed by atoms with Crippen molar-refractivity contribution in [3.8, 4) is 0 Å². The molecule has 0 saturated heterocycles. The van der Waals surface area contributed by atoms with E-state index in [2.05, 4.69) is 26.0 Å². The first kappa shape index (κ1) is 18.5. The minimum atomic E-state index is 0. The molecular formula is C13H30. The lowest BCUT2D eigenvalue weighted by Gasteiger charge is -2.15. The first-order chi connectivity index (χ1) is 4.12. The first-order valence-electron chi connectivity index (χ1n) is 3.82. The Morgan fingerprint density at radius 1 is 0.846 bits per heavy atom. The van der Waals surface area contributed by atoms with Gasteiger partial charge in [-0.1, -0.05) is 55.7 Å². The summed E-state index contributed by atoms with van der Waals surface area (Å²) in [5, 5.41) is 0. The second-order valence-electron chi connectivity index (χ2n) is 4.36. The fraction of sp³-hybridized carbons (Fsp3) is 0.846. The van der Waals surface area contributed by atoms with Crippen LogP contribution in [-0.2, 0) is 0 Å². The first-order valence-corrected chi connectivity index (χ1v) is 3.82. The molecule has 1 spiro atoms. The average Bonchev–Trinajstić information content (AvgIpc) is 2.36. The molecule has 0 atom stereocenters. The highest BCUT2D eigenvalue weighted by Gasteiger charge is 2.46. The lowest BCUT2D eigenvalue weighted by atomic mass is 9.89. The van der Waals surface area contributed by atoms with Gasteiger partial charge < -0.3 is 0 Å². The van der Waals surface area contributed by atoms with Crippen LogP contribution >= 0.6 is 0 Å². The van der Waals surface area contributed by atoms with Gasteiger partial charge in [0.15, 0.2) is 0 Å². The third-order valence-electron chi connectivity index (χ3n) is 2.59. The quantitative estimate of drug-likeness (QED) is 0.450. The molecule has 0 amide bonds. The van der Waals surface area contributed by atoms with Gasteiger partial charge in [-0.25, -0.2) is 0 Å². The largest absolute Gasteiger partial charge is 0.0823 e. The van der Waals surface area contributed by atoms with E-state index in [1.807, 2.05) is 0 Å². The summed E-state index contributed by atoms with van der Waals surface area (Å²) >= 11 is 0. The van der Waals surface area contributed by atoms with Gasteiger partial charge in [0, 0.05) is 0 Å². The van der Waals surface area contributed by atoms with Crippen LogP contribution in [0.4, 0.5) is 0 Å². The molecule has 0 aromatic rings. The highest BCUT2D eigenvalue weighted by Crippen LogP contribution is 2.58. The molecular weight excluding hydrogens is 156 g/mol. The fourth-order valence-corrected chi connectivity index (χ4v) is 1.93. The van der Waals surface area contributed by atoms with Gasteiger partial charge in [-0.15, -0.1) is 0 Å². The van der Waals surface area contributed by atoms with E-state index in [1.165, 1.54) is 19.3 Å². The van der Waals surface area contributed by atoms with E-state index >= 15 is 0 Å². The smallest absolute Gasteiger partial charge is 0.0109 e. The third kappa shape index (κ3) is 3.54. The maximum absolute atomic E-state index is 2.44. The van der Waals surface area contributed by atoms with Crippen LogP contribution in [-0.4, -0.2) is 0 Å². The molecule has 0 aliphatic heterocycles. The van der Waals surface area contributed by atoms with Crippen molar-refractivity contribution >= 4 is 0 Å². The SMILES string of the molecule is C.C.C.C.CC1(C)C=CC2(CC2)C1. The van der Waals surface area contributed by atoms with Crippen molar-refractivity contribution in [2.45, 2.75) is 62.8 Å². The Morgan fingerprint density at radius 3 is 1.46 bits per heavy atom. The number of rotatable bonds is 0. The van der Waals surface area contributed by atoms with Crippen LogP contribution in [0.15, 0.2) is 12.2 Å². The van der Waals surface area contributed by atoms with E-state index in [1.54, 1.807) is 0 Å². The van der Waals surface area contributed by atoms with Gasteiger partial charge in [0.2, 0.25) is 0 Å².